The highest BCUT2D eigenvalue weighted by atomic mass is 16.5. The summed E-state index contributed by atoms with van der Waals surface area (Å²) in [4.78, 5) is 48.2. The number of fused-ring (bicyclic) bond motifs is 2. The number of hydrogen-bond donors (Lipinski definition) is 1. The van der Waals surface area contributed by atoms with E-state index >= 15 is 0 Å². The molecule has 9 nitrogen and oxygen atoms in total. The fourth-order valence-electron chi connectivity index (χ4n) is 7.05. The summed E-state index contributed by atoms with van der Waals surface area (Å²) in [7, 11) is 1.58. The van der Waals surface area contributed by atoms with E-state index in [4.69, 9.17) is 9.47 Å². The number of carbonyl (C=O) groups excluding carboxylic acids is 3. The predicted molar refractivity (Wildman–Crippen MR) is 156 cm³/mol. The van der Waals surface area contributed by atoms with E-state index in [2.05, 4.69) is 0 Å². The van der Waals surface area contributed by atoms with Gasteiger partial charge in [-0.3, -0.25) is 14.4 Å². The number of methoxy groups -OCH3 is 1. The Balaban J connectivity index is 1.43. The Labute approximate surface area is 246 Å². The molecule has 2 fully saturated rings. The lowest BCUT2D eigenvalue weighted by Gasteiger charge is -2.39. The smallest absolute Gasteiger partial charge is 0.253 e. The van der Waals surface area contributed by atoms with Gasteiger partial charge in [0.2, 0.25) is 11.8 Å². The van der Waals surface area contributed by atoms with Crippen molar-refractivity contribution in [1.29, 1.82) is 0 Å². The Morgan fingerprint density at radius 3 is 2.38 bits per heavy atom. The van der Waals surface area contributed by atoms with Crippen LogP contribution in [-0.4, -0.2) is 83.2 Å². The molecule has 2 aromatic rings. The minimum Gasteiger partial charge on any atom is -0.497 e. The fraction of sp³-hybridized carbons (Fsp3) is 0.424. The monoisotopic (exact) mass is 571 g/mol. The van der Waals surface area contributed by atoms with Gasteiger partial charge in [0.25, 0.3) is 5.91 Å². The Bertz CT molecular complexity index is 1410. The molecule has 4 aliphatic rings. The molecule has 0 radical (unpaired) electrons. The van der Waals surface area contributed by atoms with E-state index < -0.39 is 35.6 Å². The summed E-state index contributed by atoms with van der Waals surface area (Å²) in [5.41, 5.74) is 0.284. The molecule has 9 heteroatoms. The minimum atomic E-state index is -1.36. The van der Waals surface area contributed by atoms with Crippen molar-refractivity contribution in [2.45, 2.75) is 44.2 Å². The van der Waals surface area contributed by atoms with Crippen LogP contribution in [0.4, 0.5) is 5.69 Å². The maximum atomic E-state index is 14.6. The molecule has 220 valence electrons. The van der Waals surface area contributed by atoms with Gasteiger partial charge in [0.15, 0.2) is 0 Å². The number of rotatable bonds is 7. The fourth-order valence-corrected chi connectivity index (χ4v) is 7.05. The van der Waals surface area contributed by atoms with Crippen molar-refractivity contribution in [1.82, 2.24) is 9.80 Å². The number of hydrogen-bond acceptors (Lipinski definition) is 6. The van der Waals surface area contributed by atoms with Crippen LogP contribution in [0.2, 0.25) is 0 Å². The summed E-state index contributed by atoms with van der Waals surface area (Å²) >= 11 is 0. The molecule has 1 unspecified atom stereocenters. The lowest BCUT2D eigenvalue weighted by molar-refractivity contribution is -0.148. The van der Waals surface area contributed by atoms with E-state index in [-0.39, 0.29) is 36.8 Å². The van der Waals surface area contributed by atoms with E-state index in [9.17, 15) is 19.5 Å². The zero-order chi connectivity index (χ0) is 29.6. The number of likely N-dealkylation sites (tertiary alicyclic amines) is 1. The van der Waals surface area contributed by atoms with Crippen LogP contribution < -0.4 is 9.64 Å². The van der Waals surface area contributed by atoms with Gasteiger partial charge in [0, 0.05) is 25.3 Å². The molecule has 1 spiro atoms. The molecule has 2 saturated heterocycles. The number of benzene rings is 2. The first kappa shape index (κ1) is 28.2. The minimum absolute atomic E-state index is 0.139. The number of ether oxygens (including phenoxy) is 2. The van der Waals surface area contributed by atoms with Gasteiger partial charge in [-0.1, -0.05) is 68.5 Å². The van der Waals surface area contributed by atoms with E-state index in [0.29, 0.717) is 24.5 Å². The average molecular weight is 572 g/mol. The number of nitrogens with zero attached hydrogens (tertiary/aromatic N) is 3. The number of carbonyl (C=O) groups is 3. The zero-order valence-electron chi connectivity index (χ0n) is 24.1. The van der Waals surface area contributed by atoms with Crippen molar-refractivity contribution < 1.29 is 29.0 Å². The van der Waals surface area contributed by atoms with E-state index in [1.807, 2.05) is 68.5 Å². The van der Waals surface area contributed by atoms with Crippen LogP contribution >= 0.6 is 0 Å². The first-order chi connectivity index (χ1) is 20.3. The van der Waals surface area contributed by atoms with Crippen molar-refractivity contribution >= 4 is 23.4 Å². The molecule has 4 heterocycles. The molecule has 42 heavy (non-hydrogen) atoms. The van der Waals surface area contributed by atoms with Crippen LogP contribution in [0, 0.1) is 17.8 Å². The lowest BCUT2D eigenvalue weighted by atomic mass is 9.77. The molecule has 3 amide bonds. The summed E-state index contributed by atoms with van der Waals surface area (Å²) in [6.45, 7) is 4.59. The number of anilines is 1. The Morgan fingerprint density at radius 2 is 1.71 bits per heavy atom. The second-order valence-electron chi connectivity index (χ2n) is 11.8. The van der Waals surface area contributed by atoms with Crippen LogP contribution in [-0.2, 0) is 25.7 Å². The molecule has 6 rings (SSSR count). The summed E-state index contributed by atoms with van der Waals surface area (Å²) in [6, 6.07) is 15.2. The molecule has 0 aromatic heterocycles. The van der Waals surface area contributed by atoms with Gasteiger partial charge in [0.05, 0.1) is 37.7 Å². The topological polar surface area (TPSA) is 99.6 Å². The molecule has 0 aliphatic carbocycles. The Morgan fingerprint density at radius 1 is 0.976 bits per heavy atom. The van der Waals surface area contributed by atoms with Gasteiger partial charge in [-0.15, -0.1) is 0 Å². The van der Waals surface area contributed by atoms with Crippen LogP contribution in [0.15, 0.2) is 78.9 Å². The van der Waals surface area contributed by atoms with E-state index in [0.717, 1.165) is 5.56 Å². The average Bonchev–Trinajstić information content (AvgIpc) is 3.31. The highest BCUT2D eigenvalue weighted by Crippen LogP contribution is 2.54. The number of amides is 3. The van der Waals surface area contributed by atoms with Gasteiger partial charge in [-0.2, -0.15) is 0 Å². The van der Waals surface area contributed by atoms with Crippen molar-refractivity contribution in [3.8, 4) is 5.75 Å². The highest BCUT2D eigenvalue weighted by molar-refractivity contribution is 6.06. The first-order valence-corrected chi connectivity index (χ1v) is 14.5. The summed E-state index contributed by atoms with van der Waals surface area (Å²) in [5, 5.41) is 10.5. The molecule has 2 aromatic carbocycles. The molecule has 1 N–H and O–H groups in total. The lowest BCUT2D eigenvalue weighted by Crippen LogP contribution is -2.59. The second kappa shape index (κ2) is 11.0. The molecule has 0 saturated carbocycles. The van der Waals surface area contributed by atoms with Crippen LogP contribution in [0.3, 0.4) is 0 Å². The maximum Gasteiger partial charge on any atom is 0.253 e. The third-order valence-electron chi connectivity index (χ3n) is 9.09. The van der Waals surface area contributed by atoms with Crippen LogP contribution in [0.1, 0.15) is 19.4 Å². The van der Waals surface area contributed by atoms with Crippen molar-refractivity contribution in [3.05, 3.63) is 84.5 Å². The summed E-state index contributed by atoms with van der Waals surface area (Å²) in [5.74, 6) is -2.01. The van der Waals surface area contributed by atoms with Gasteiger partial charge in [-0.25, -0.2) is 0 Å². The van der Waals surface area contributed by atoms with Gasteiger partial charge >= 0.3 is 0 Å². The molecule has 4 aliphatic heterocycles. The normalized spacial score (nSPS) is 29.4. The SMILES string of the molecule is COc1ccc(N2CC=C[C@]34O[C@H]5C=CCN(Cc6ccccc6)C(=O)[C@H]5[C@H]3C(=O)N([C@@H](CO)C(C)C)C4C2=O)cc1. The summed E-state index contributed by atoms with van der Waals surface area (Å²) < 4.78 is 12.0. The highest BCUT2D eigenvalue weighted by Gasteiger charge is 2.72. The molecule has 0 bridgehead atoms. The first-order valence-electron chi connectivity index (χ1n) is 14.5. The van der Waals surface area contributed by atoms with Crippen molar-refractivity contribution in [2.24, 2.45) is 17.8 Å². The largest absolute Gasteiger partial charge is 0.497 e. The van der Waals surface area contributed by atoms with Gasteiger partial charge in [0.1, 0.15) is 17.4 Å². The number of aliphatic hydroxyl groups excluding tert-OH is 1. The quantitative estimate of drug-likeness (QED) is 0.514. The third kappa shape index (κ3) is 4.42. The van der Waals surface area contributed by atoms with Crippen molar-refractivity contribution in [3.63, 3.8) is 0 Å². The van der Waals surface area contributed by atoms with E-state index in [1.54, 1.807) is 41.2 Å². The molecular weight excluding hydrogens is 534 g/mol. The third-order valence-corrected chi connectivity index (χ3v) is 9.09. The van der Waals surface area contributed by atoms with Crippen LogP contribution in [0.25, 0.3) is 0 Å². The van der Waals surface area contributed by atoms with E-state index in [1.165, 1.54) is 4.90 Å². The standard InChI is InChI=1S/C33H37N3O6/c1-21(2)25(20-37)36-29-32(40)35(23-12-14-24(41-3)15-13-23)18-8-16-33(29)28(31(36)39)27-26(42-33)11-7-17-34(30(27)38)19-22-9-5-4-6-10-22/h4-16,21,25-29,37H,17-20H2,1-3H3/t25-,26-,27+,28-,29?,33-/m0/s1. The molecule has 6 atom stereocenters. The second-order valence-corrected chi connectivity index (χ2v) is 11.8. The van der Waals surface area contributed by atoms with Gasteiger partial charge in [-0.05, 0) is 35.7 Å². The van der Waals surface area contributed by atoms with Crippen LogP contribution in [0.5, 0.6) is 5.75 Å². The Kier molecular flexibility index (Phi) is 7.41. The zero-order valence-corrected chi connectivity index (χ0v) is 24.1. The maximum absolute atomic E-state index is 14.6. The van der Waals surface area contributed by atoms with Crippen molar-refractivity contribution in [2.75, 3.05) is 31.7 Å². The Hall–Kier alpha value is -3.95. The predicted octanol–water partition coefficient (Wildman–Crippen LogP) is 2.79. The number of aliphatic hydroxyl groups is 1. The molecular formula is C33H37N3O6. The summed E-state index contributed by atoms with van der Waals surface area (Å²) in [6.07, 6.45) is 6.81. The van der Waals surface area contributed by atoms with Gasteiger partial charge < -0.3 is 29.3 Å².